The van der Waals surface area contributed by atoms with Gasteiger partial charge in [-0.25, -0.2) is 4.98 Å². The van der Waals surface area contributed by atoms with Crippen LogP contribution in [0.1, 0.15) is 90.9 Å². The molecule has 6 heterocycles. The van der Waals surface area contributed by atoms with Gasteiger partial charge in [-0.2, -0.15) is 0 Å². The Hall–Kier alpha value is -5.75. The quantitative estimate of drug-likeness (QED) is 0.0336. The molecule has 1 aliphatic heterocycles. The highest BCUT2D eigenvalue weighted by Crippen LogP contribution is 2.49. The van der Waals surface area contributed by atoms with Crippen LogP contribution in [0.5, 0.6) is 11.5 Å². The molecule has 0 saturated carbocycles. The third-order valence-electron chi connectivity index (χ3n) is 12.3. The topological polar surface area (TPSA) is 94.5 Å². The Morgan fingerprint density at radius 1 is 0.547 bits per heavy atom. The monoisotopic (exact) mass is 904 g/mol. The van der Waals surface area contributed by atoms with Gasteiger partial charge in [0.05, 0.1) is 22.8 Å². The average Bonchev–Trinajstić information content (AvgIpc) is 4.03. The molecule has 7 aromatic rings. The van der Waals surface area contributed by atoms with E-state index in [4.69, 9.17) is 19.4 Å². The number of pyridine rings is 3. The molecule has 0 spiro atoms. The minimum atomic E-state index is -2.22. The largest absolute Gasteiger partial charge is 0.429 e. The van der Waals surface area contributed by atoms with Gasteiger partial charge < -0.3 is 14.4 Å². The first-order valence-corrected chi connectivity index (χ1v) is 26.9. The van der Waals surface area contributed by atoms with Gasteiger partial charge in [-0.05, 0) is 82.6 Å². The molecule has 11 heteroatoms. The number of para-hydroxylation sites is 2. The van der Waals surface area contributed by atoms with E-state index in [1.165, 1.54) is 120 Å². The standard InChI is InChI=1S/C53H56N4O4S2Si/c1-3-5-7-9-11-19-29-64(30-20-12-10-8-6-4-2)49-35-48(62-52(49)53-50(64)36-51(63-53)57(40-21-15-13-16-22-40)41-23-17-14-18-24-41)39-25-27-54-44(31-39)46-33-43(61-38-59)34-47(56-46)45-32-42(60-37-58)26-28-55-45/h13-18,21-28,31-38H,3-12,19-20,29-30H2,1-2H3. The number of rotatable bonds is 24. The van der Waals surface area contributed by atoms with Crippen LogP contribution in [0.15, 0.2) is 122 Å². The fourth-order valence-corrected chi connectivity index (χ4v) is 18.6. The van der Waals surface area contributed by atoms with Crippen LogP contribution in [0.3, 0.4) is 0 Å². The summed E-state index contributed by atoms with van der Waals surface area (Å²) in [4.78, 5) is 43.4. The minimum absolute atomic E-state index is 0.307. The number of fused-ring (bicyclic) bond motifs is 3. The average molecular weight is 905 g/mol. The molecule has 5 aromatic heterocycles. The molecule has 8 nitrogen and oxygen atoms in total. The number of hydrogen-bond donors (Lipinski definition) is 0. The molecule has 0 radical (unpaired) electrons. The predicted octanol–water partition coefficient (Wildman–Crippen LogP) is 13.8. The molecule has 0 fully saturated rings. The van der Waals surface area contributed by atoms with Gasteiger partial charge in [-0.3, -0.25) is 19.6 Å². The molecule has 2 aromatic carbocycles. The van der Waals surface area contributed by atoms with Crippen LogP contribution in [0.4, 0.5) is 16.4 Å². The van der Waals surface area contributed by atoms with Crippen molar-refractivity contribution in [2.24, 2.45) is 0 Å². The van der Waals surface area contributed by atoms with Crippen LogP contribution in [-0.4, -0.2) is 36.0 Å². The normalized spacial score (nSPS) is 12.4. The Balaban J connectivity index is 1.22. The molecule has 0 saturated heterocycles. The van der Waals surface area contributed by atoms with Gasteiger partial charge in [0, 0.05) is 56.6 Å². The lowest BCUT2D eigenvalue weighted by Gasteiger charge is -2.29. The highest BCUT2D eigenvalue weighted by atomic mass is 32.1. The molecule has 64 heavy (non-hydrogen) atoms. The first-order chi connectivity index (χ1) is 31.5. The van der Waals surface area contributed by atoms with Crippen molar-refractivity contribution in [3.05, 3.63) is 122 Å². The molecule has 328 valence electrons. The lowest BCUT2D eigenvalue weighted by molar-refractivity contribution is -0.121. The smallest absolute Gasteiger partial charge is 0.298 e. The Kier molecular flexibility index (Phi) is 15.2. The second kappa shape index (κ2) is 21.8. The molecule has 8 rings (SSSR count). The summed E-state index contributed by atoms with van der Waals surface area (Å²) < 4.78 is 10.4. The third kappa shape index (κ3) is 10.1. The lowest BCUT2D eigenvalue weighted by Crippen LogP contribution is -2.54. The van der Waals surface area contributed by atoms with E-state index in [0.717, 1.165) is 5.56 Å². The number of nitrogens with zero attached hydrogens (tertiary/aromatic N) is 4. The zero-order chi connectivity index (χ0) is 44.1. The first-order valence-electron chi connectivity index (χ1n) is 22.9. The number of ether oxygens (including phenoxy) is 2. The van der Waals surface area contributed by atoms with E-state index in [1.54, 1.807) is 40.8 Å². The lowest BCUT2D eigenvalue weighted by atomic mass is 10.1. The second-order valence-electron chi connectivity index (χ2n) is 16.6. The third-order valence-corrected chi connectivity index (χ3v) is 20.4. The van der Waals surface area contributed by atoms with Gasteiger partial charge in [0.2, 0.25) is 0 Å². The zero-order valence-electron chi connectivity index (χ0n) is 36.8. The summed E-state index contributed by atoms with van der Waals surface area (Å²) in [5, 5.41) is 4.51. The molecule has 0 bridgehead atoms. The molecule has 0 atom stereocenters. The van der Waals surface area contributed by atoms with Crippen molar-refractivity contribution < 1.29 is 19.1 Å². The van der Waals surface area contributed by atoms with Gasteiger partial charge in [-0.1, -0.05) is 127 Å². The van der Waals surface area contributed by atoms with E-state index in [2.05, 4.69) is 109 Å². The Labute approximate surface area is 386 Å². The van der Waals surface area contributed by atoms with E-state index in [9.17, 15) is 9.59 Å². The van der Waals surface area contributed by atoms with Crippen LogP contribution in [0.2, 0.25) is 12.1 Å². The summed E-state index contributed by atoms with van der Waals surface area (Å²) in [6.07, 6.45) is 18.8. The van der Waals surface area contributed by atoms with Gasteiger partial charge in [0.1, 0.15) is 24.6 Å². The second-order valence-corrected chi connectivity index (χ2v) is 22.9. The van der Waals surface area contributed by atoms with Crippen LogP contribution >= 0.6 is 22.7 Å². The Bertz CT molecular complexity index is 2580. The van der Waals surface area contributed by atoms with E-state index >= 15 is 0 Å². The van der Waals surface area contributed by atoms with E-state index in [1.807, 2.05) is 28.9 Å². The number of carbonyl (C=O) groups is 2. The van der Waals surface area contributed by atoms with Gasteiger partial charge in [0.15, 0.2) is 0 Å². The maximum atomic E-state index is 11.6. The van der Waals surface area contributed by atoms with Gasteiger partial charge in [0.25, 0.3) is 12.9 Å². The van der Waals surface area contributed by atoms with Crippen molar-refractivity contribution >= 4 is 70.4 Å². The van der Waals surface area contributed by atoms with Crippen molar-refractivity contribution in [2.75, 3.05) is 4.90 Å². The summed E-state index contributed by atoms with van der Waals surface area (Å²) in [7, 11) is -2.22. The van der Waals surface area contributed by atoms with E-state index in [-0.39, 0.29) is 0 Å². The molecular formula is C53H56N4O4S2Si. The van der Waals surface area contributed by atoms with Crippen molar-refractivity contribution in [1.29, 1.82) is 0 Å². The van der Waals surface area contributed by atoms with Gasteiger partial charge in [-0.15, -0.1) is 22.7 Å². The highest BCUT2D eigenvalue weighted by molar-refractivity contribution is 7.32. The number of thiophene rings is 2. The van der Waals surface area contributed by atoms with E-state index < -0.39 is 8.07 Å². The zero-order valence-corrected chi connectivity index (χ0v) is 39.5. The molecular weight excluding hydrogens is 849 g/mol. The number of benzene rings is 2. The fourth-order valence-electron chi connectivity index (χ4n) is 9.15. The number of aromatic nitrogens is 3. The maximum absolute atomic E-state index is 11.6. The number of anilines is 3. The molecule has 0 N–H and O–H groups in total. The first kappa shape index (κ1) is 44.8. The molecule has 0 unspecified atom stereocenters. The predicted molar refractivity (Wildman–Crippen MR) is 267 cm³/mol. The molecule has 0 amide bonds. The Morgan fingerprint density at radius 3 is 1.67 bits per heavy atom. The van der Waals surface area contributed by atoms with Gasteiger partial charge >= 0.3 is 0 Å². The number of unbranched alkanes of at least 4 members (excludes halogenated alkanes) is 10. The van der Waals surface area contributed by atoms with Crippen LogP contribution in [0, 0.1) is 0 Å². The summed E-state index contributed by atoms with van der Waals surface area (Å²) in [6, 6.07) is 40.1. The summed E-state index contributed by atoms with van der Waals surface area (Å²) in [6.45, 7) is 5.36. The van der Waals surface area contributed by atoms with Crippen molar-refractivity contribution in [3.63, 3.8) is 0 Å². The SMILES string of the molecule is CCCCCCCC[Si]1(CCCCCCCC)c2cc(-c3ccnc(-c4cc(OC=O)cc(-c5cc(OC=O)ccn5)n4)c3)sc2-c2sc(N(c3ccccc3)c3ccccc3)cc21. The Morgan fingerprint density at radius 2 is 1.06 bits per heavy atom. The fraction of sp³-hybridized carbons (Fsp3) is 0.302. The molecule has 1 aliphatic rings. The van der Waals surface area contributed by atoms with E-state index in [0.29, 0.717) is 47.2 Å². The van der Waals surface area contributed by atoms with Crippen molar-refractivity contribution in [2.45, 2.75) is 103 Å². The van der Waals surface area contributed by atoms with Crippen LogP contribution in [-0.2, 0) is 9.59 Å². The number of carbonyl (C=O) groups excluding carboxylic acids is 2. The summed E-state index contributed by atoms with van der Waals surface area (Å²) in [5.41, 5.74) is 5.50. The van der Waals surface area contributed by atoms with Crippen molar-refractivity contribution in [3.8, 4) is 54.5 Å². The summed E-state index contributed by atoms with van der Waals surface area (Å²) >= 11 is 3.87. The minimum Gasteiger partial charge on any atom is -0.429 e. The highest BCUT2D eigenvalue weighted by Gasteiger charge is 2.48. The van der Waals surface area contributed by atoms with Crippen LogP contribution in [0.25, 0.3) is 43.0 Å². The van der Waals surface area contributed by atoms with Crippen LogP contribution < -0.4 is 24.7 Å². The van der Waals surface area contributed by atoms with Crippen molar-refractivity contribution in [1.82, 2.24) is 15.0 Å². The maximum Gasteiger partial charge on any atom is 0.298 e. The molecule has 0 aliphatic carbocycles. The number of hydrogen-bond acceptors (Lipinski definition) is 10. The summed E-state index contributed by atoms with van der Waals surface area (Å²) in [5.74, 6) is 0.638.